The van der Waals surface area contributed by atoms with Gasteiger partial charge in [0.2, 0.25) is 10.0 Å². The summed E-state index contributed by atoms with van der Waals surface area (Å²) >= 11 is 0. The van der Waals surface area contributed by atoms with Crippen LogP contribution in [0.4, 0.5) is 5.69 Å². The lowest BCUT2D eigenvalue weighted by atomic mass is 9.74. The van der Waals surface area contributed by atoms with E-state index in [1.807, 2.05) is 6.07 Å². The third-order valence-corrected chi connectivity index (χ3v) is 6.75. The van der Waals surface area contributed by atoms with Gasteiger partial charge >= 0.3 is 0 Å². The van der Waals surface area contributed by atoms with E-state index in [2.05, 4.69) is 47.8 Å². The highest BCUT2D eigenvalue weighted by Crippen LogP contribution is 2.39. The van der Waals surface area contributed by atoms with Crippen LogP contribution in [-0.4, -0.2) is 34.3 Å². The molecule has 2 heterocycles. The Labute approximate surface area is 149 Å². The van der Waals surface area contributed by atoms with E-state index in [0.29, 0.717) is 6.54 Å². The highest BCUT2D eigenvalue weighted by atomic mass is 32.2. The molecule has 25 heavy (non-hydrogen) atoms. The molecule has 0 bridgehead atoms. The first kappa shape index (κ1) is 16.6. The molecular weight excluding hydrogens is 332 g/mol. The fourth-order valence-electron chi connectivity index (χ4n) is 4.28. The van der Waals surface area contributed by atoms with Crippen molar-refractivity contribution in [3.63, 3.8) is 0 Å². The molecule has 1 fully saturated rings. The first-order chi connectivity index (χ1) is 12.0. The summed E-state index contributed by atoms with van der Waals surface area (Å²) in [4.78, 5) is 0. The Morgan fingerprint density at radius 2 is 1.96 bits per heavy atom. The van der Waals surface area contributed by atoms with Crippen LogP contribution in [0.5, 0.6) is 0 Å². The van der Waals surface area contributed by atoms with Crippen LogP contribution in [0.1, 0.15) is 23.1 Å². The predicted molar refractivity (Wildman–Crippen MR) is 102 cm³/mol. The van der Waals surface area contributed by atoms with E-state index in [9.17, 15) is 8.42 Å². The van der Waals surface area contributed by atoms with E-state index in [0.717, 1.165) is 43.6 Å². The van der Waals surface area contributed by atoms with E-state index in [1.165, 1.54) is 21.7 Å². The van der Waals surface area contributed by atoms with Gasteiger partial charge in [-0.2, -0.15) is 0 Å². The Morgan fingerprint density at radius 3 is 2.64 bits per heavy atom. The Balaban J connectivity index is 1.70. The van der Waals surface area contributed by atoms with Gasteiger partial charge in [0.25, 0.3) is 0 Å². The van der Waals surface area contributed by atoms with E-state index < -0.39 is 10.0 Å². The van der Waals surface area contributed by atoms with Crippen LogP contribution < -0.4 is 9.62 Å². The third kappa shape index (κ3) is 3.07. The molecule has 5 heteroatoms. The van der Waals surface area contributed by atoms with Gasteiger partial charge in [-0.3, -0.25) is 4.31 Å². The van der Waals surface area contributed by atoms with Crippen LogP contribution in [0.2, 0.25) is 0 Å². The number of hydrogen-bond acceptors (Lipinski definition) is 3. The summed E-state index contributed by atoms with van der Waals surface area (Å²) in [5.41, 5.74) is 4.78. The van der Waals surface area contributed by atoms with Crippen molar-refractivity contribution < 1.29 is 8.42 Å². The van der Waals surface area contributed by atoms with Gasteiger partial charge in [0.1, 0.15) is 0 Å². The van der Waals surface area contributed by atoms with Crippen LogP contribution >= 0.6 is 0 Å². The quantitative estimate of drug-likeness (QED) is 0.916. The molecule has 132 valence electrons. The molecule has 0 saturated carbocycles. The number of benzene rings is 2. The van der Waals surface area contributed by atoms with Gasteiger partial charge in [-0.05, 0) is 48.6 Å². The number of nitrogens with one attached hydrogen (secondary N) is 1. The highest BCUT2D eigenvalue weighted by Gasteiger charge is 2.37. The summed E-state index contributed by atoms with van der Waals surface area (Å²) in [6.07, 6.45) is 4.20. The zero-order valence-corrected chi connectivity index (χ0v) is 15.3. The monoisotopic (exact) mass is 356 g/mol. The second kappa shape index (κ2) is 6.15. The molecular formula is C20H24N2O2S. The molecule has 1 saturated heterocycles. The third-order valence-electron chi connectivity index (χ3n) is 5.57. The van der Waals surface area contributed by atoms with Crippen LogP contribution in [-0.2, 0) is 28.3 Å². The van der Waals surface area contributed by atoms with E-state index >= 15 is 0 Å². The maximum atomic E-state index is 12.0. The number of hydrogen-bond donors (Lipinski definition) is 1. The lowest BCUT2D eigenvalue weighted by Gasteiger charge is -2.30. The zero-order valence-electron chi connectivity index (χ0n) is 14.5. The van der Waals surface area contributed by atoms with Gasteiger partial charge in [-0.25, -0.2) is 8.42 Å². The van der Waals surface area contributed by atoms with Crippen molar-refractivity contribution in [3.8, 4) is 0 Å². The normalized spacial score (nSPS) is 23.0. The Bertz CT molecular complexity index is 872. The van der Waals surface area contributed by atoms with E-state index in [1.54, 1.807) is 0 Å². The van der Waals surface area contributed by atoms with Crippen molar-refractivity contribution in [2.75, 3.05) is 30.2 Å². The minimum Gasteiger partial charge on any atom is -0.316 e. The molecule has 4 rings (SSSR count). The van der Waals surface area contributed by atoms with Gasteiger partial charge in [-0.15, -0.1) is 0 Å². The van der Waals surface area contributed by atoms with Crippen LogP contribution in [0.15, 0.2) is 48.5 Å². The molecule has 1 unspecified atom stereocenters. The fraction of sp³-hybridized carbons (Fsp3) is 0.400. The van der Waals surface area contributed by atoms with Gasteiger partial charge in [-0.1, -0.05) is 42.5 Å². The summed E-state index contributed by atoms with van der Waals surface area (Å²) in [5, 5.41) is 3.53. The average molecular weight is 356 g/mol. The fourth-order valence-corrected chi connectivity index (χ4v) is 5.23. The van der Waals surface area contributed by atoms with Crippen molar-refractivity contribution >= 4 is 15.7 Å². The van der Waals surface area contributed by atoms with Crippen molar-refractivity contribution in [1.82, 2.24) is 5.32 Å². The summed E-state index contributed by atoms with van der Waals surface area (Å²) in [5.74, 6) is 0. The van der Waals surface area contributed by atoms with Crippen LogP contribution in [0.25, 0.3) is 0 Å². The smallest absolute Gasteiger partial charge is 0.232 e. The Morgan fingerprint density at radius 1 is 1.16 bits per heavy atom. The van der Waals surface area contributed by atoms with Crippen molar-refractivity contribution in [1.29, 1.82) is 0 Å². The number of fused-ring (bicyclic) bond motifs is 1. The number of nitrogens with zero attached hydrogens (tertiary/aromatic N) is 1. The summed E-state index contributed by atoms with van der Waals surface area (Å²) < 4.78 is 25.4. The lowest BCUT2D eigenvalue weighted by molar-refractivity contribution is 0.467. The summed E-state index contributed by atoms with van der Waals surface area (Å²) in [7, 11) is -3.19. The van der Waals surface area contributed by atoms with Gasteiger partial charge < -0.3 is 5.32 Å². The van der Waals surface area contributed by atoms with Gasteiger partial charge in [0, 0.05) is 18.5 Å². The van der Waals surface area contributed by atoms with E-state index in [-0.39, 0.29) is 5.41 Å². The number of rotatable bonds is 4. The summed E-state index contributed by atoms with van der Waals surface area (Å²) in [6.45, 7) is 2.55. The number of anilines is 1. The van der Waals surface area contributed by atoms with Gasteiger partial charge in [0.05, 0.1) is 11.9 Å². The van der Waals surface area contributed by atoms with Crippen molar-refractivity contribution in [3.05, 3.63) is 65.2 Å². The second-order valence-electron chi connectivity index (χ2n) is 7.30. The maximum Gasteiger partial charge on any atom is 0.232 e. The maximum absolute atomic E-state index is 12.0. The molecule has 2 aromatic rings. The highest BCUT2D eigenvalue weighted by molar-refractivity contribution is 7.92. The summed E-state index contributed by atoms with van der Waals surface area (Å²) in [6, 6.07) is 17.0. The molecule has 1 N–H and O–H groups in total. The molecule has 0 aliphatic carbocycles. The van der Waals surface area contributed by atoms with Crippen LogP contribution in [0.3, 0.4) is 0 Å². The van der Waals surface area contributed by atoms with Crippen molar-refractivity contribution in [2.24, 2.45) is 0 Å². The largest absolute Gasteiger partial charge is 0.316 e. The van der Waals surface area contributed by atoms with E-state index in [4.69, 9.17) is 0 Å². The standard InChI is InChI=1S/C20H24N2O2S/c1-25(23,24)22-12-9-17-13-18(7-8-19(17)22)20(10-11-21-15-20)14-16-5-3-2-4-6-16/h2-8,13,21H,9-12,14-15H2,1H3. The first-order valence-corrected chi connectivity index (χ1v) is 10.7. The SMILES string of the molecule is CS(=O)(=O)N1CCc2cc(C3(Cc4ccccc4)CCNC3)ccc21. The molecule has 0 radical (unpaired) electrons. The molecule has 2 aliphatic rings. The Kier molecular flexibility index (Phi) is 4.08. The molecule has 2 aliphatic heterocycles. The average Bonchev–Trinajstić information content (AvgIpc) is 3.22. The van der Waals surface area contributed by atoms with Crippen LogP contribution in [0, 0.1) is 0 Å². The molecule has 0 spiro atoms. The Hall–Kier alpha value is -1.85. The lowest BCUT2D eigenvalue weighted by Crippen LogP contribution is -2.32. The van der Waals surface area contributed by atoms with Crippen molar-refractivity contribution in [2.45, 2.75) is 24.7 Å². The second-order valence-corrected chi connectivity index (χ2v) is 9.20. The zero-order chi connectivity index (χ0) is 17.5. The molecule has 2 aromatic carbocycles. The molecule has 0 aromatic heterocycles. The molecule has 1 atom stereocenters. The predicted octanol–water partition coefficient (Wildman–Crippen LogP) is 2.48. The molecule has 4 nitrogen and oxygen atoms in total. The topological polar surface area (TPSA) is 49.4 Å². The van der Waals surface area contributed by atoms with Gasteiger partial charge in [0.15, 0.2) is 0 Å². The molecule has 0 amide bonds. The first-order valence-electron chi connectivity index (χ1n) is 8.84. The minimum atomic E-state index is -3.19. The minimum absolute atomic E-state index is 0.0922. The number of sulfonamides is 1.